The van der Waals surface area contributed by atoms with Crippen LogP contribution in [-0.2, 0) is 28.4 Å². The van der Waals surface area contributed by atoms with E-state index in [4.69, 9.17) is 58.2 Å². The molecule has 0 aliphatic carbocycles. The van der Waals surface area contributed by atoms with E-state index >= 15 is 0 Å². The van der Waals surface area contributed by atoms with E-state index < -0.39 is 119 Å². The summed E-state index contributed by atoms with van der Waals surface area (Å²) in [5.41, 5.74) is 4.06. The van der Waals surface area contributed by atoms with Crippen LogP contribution in [0.25, 0.3) is 21.9 Å². The lowest BCUT2D eigenvalue weighted by Crippen LogP contribution is -2.65. The number of ether oxygens (including phenoxy) is 8. The highest BCUT2D eigenvalue weighted by molar-refractivity contribution is 6.12. The van der Waals surface area contributed by atoms with Gasteiger partial charge in [-0.2, -0.15) is 0 Å². The number of aromatic amines is 1. The van der Waals surface area contributed by atoms with Crippen molar-refractivity contribution >= 4 is 57.3 Å². The van der Waals surface area contributed by atoms with Gasteiger partial charge in [-0.1, -0.05) is 0 Å². The smallest absolute Gasteiger partial charge is 0.404 e. The Kier molecular flexibility index (Phi) is 13.6. The van der Waals surface area contributed by atoms with Crippen molar-refractivity contribution in [3.8, 4) is 23.0 Å². The molecule has 4 amide bonds. The number of carbonyl (C=O) groups excluding carboxylic acids is 4. The average molecular weight is 982 g/mol. The minimum Gasteiger partial charge on any atom is -0.505 e. The van der Waals surface area contributed by atoms with Gasteiger partial charge < -0.3 is 94.2 Å². The van der Waals surface area contributed by atoms with Crippen LogP contribution in [0.15, 0.2) is 48.9 Å². The number of hydrogen-bond acceptors (Lipinski definition) is 20. The predicted octanol–water partition coefficient (Wildman–Crippen LogP) is 2.78. The van der Waals surface area contributed by atoms with Crippen molar-refractivity contribution in [3.63, 3.8) is 0 Å². The molecule has 0 bridgehead atoms. The average Bonchev–Trinajstić information content (AvgIpc) is 3.67. The number of aliphatic hydroxyl groups excluding tert-OH is 2. The summed E-state index contributed by atoms with van der Waals surface area (Å²) in [6, 6.07) is 5.37. The van der Waals surface area contributed by atoms with Gasteiger partial charge in [-0.05, 0) is 78.3 Å². The number of methoxy groups -OCH3 is 2. The highest BCUT2D eigenvalue weighted by Crippen LogP contribution is 2.41. The second-order valence-corrected chi connectivity index (χ2v) is 17.5. The molecule has 0 radical (unpaired) electrons. The number of fused-ring (bicyclic) bond motifs is 2. The molecule has 25 heteroatoms. The van der Waals surface area contributed by atoms with Gasteiger partial charge in [-0.25, -0.2) is 19.2 Å². The molecule has 2 aromatic carbocycles. The lowest BCUT2D eigenvalue weighted by atomic mass is 9.89. The van der Waals surface area contributed by atoms with E-state index in [0.29, 0.717) is 0 Å². The summed E-state index contributed by atoms with van der Waals surface area (Å²) in [7, 11) is 2.67. The molecule has 2 aliphatic heterocycles. The zero-order valence-electron chi connectivity index (χ0n) is 39.0. The number of aryl methyl sites for hydroxylation is 2. The van der Waals surface area contributed by atoms with Crippen molar-refractivity contribution in [2.24, 2.45) is 11.5 Å². The fraction of sp³-hybridized carbons (Fsp3) is 0.422. The number of rotatable bonds is 12. The maximum atomic E-state index is 13.6. The molecule has 0 saturated carbocycles. The fourth-order valence-corrected chi connectivity index (χ4v) is 8.67. The van der Waals surface area contributed by atoms with Crippen LogP contribution in [-0.4, -0.2) is 124 Å². The fourth-order valence-electron chi connectivity index (χ4n) is 8.67. The molecule has 8 atom stereocenters. The molecule has 2 saturated heterocycles. The number of aliphatic hydroxyl groups is 2. The van der Waals surface area contributed by atoms with E-state index in [-0.39, 0.29) is 61.4 Å². The normalized spacial score (nSPS) is 23.9. The van der Waals surface area contributed by atoms with Gasteiger partial charge in [-0.3, -0.25) is 9.59 Å². The molecule has 2 fully saturated rings. The minimum absolute atomic E-state index is 0.0192. The van der Waals surface area contributed by atoms with Gasteiger partial charge in [0.2, 0.25) is 12.6 Å². The van der Waals surface area contributed by atoms with Gasteiger partial charge in [0.15, 0.2) is 47.3 Å². The first-order valence-electron chi connectivity index (χ1n) is 21.2. The third kappa shape index (κ3) is 9.12. The predicted molar refractivity (Wildman–Crippen MR) is 241 cm³/mol. The largest absolute Gasteiger partial charge is 0.505 e. The summed E-state index contributed by atoms with van der Waals surface area (Å²) in [5.74, 6) is -3.27. The molecule has 7 rings (SSSR count). The number of nitrogens with one attached hydrogen (secondary N) is 3. The summed E-state index contributed by atoms with van der Waals surface area (Å²) in [4.78, 5) is 79.7. The van der Waals surface area contributed by atoms with Crippen LogP contribution >= 0.6 is 0 Å². The molecule has 5 aromatic rings. The summed E-state index contributed by atoms with van der Waals surface area (Å²) in [5, 5.41) is 49.2. The molecule has 2 aliphatic rings. The quantitative estimate of drug-likeness (QED) is 0.0811. The van der Waals surface area contributed by atoms with Crippen molar-refractivity contribution in [2.75, 3.05) is 24.9 Å². The van der Waals surface area contributed by atoms with E-state index in [2.05, 4.69) is 15.6 Å². The molecule has 25 nitrogen and oxygen atoms in total. The Morgan fingerprint density at radius 2 is 1.06 bits per heavy atom. The first-order valence-corrected chi connectivity index (χ1v) is 21.2. The Hall–Kier alpha value is -7.42. The van der Waals surface area contributed by atoms with Crippen LogP contribution in [0.5, 0.6) is 23.0 Å². The Morgan fingerprint density at radius 3 is 1.44 bits per heavy atom. The SMILES string of the molecule is CO[C@H]1[C@@H](OC(N)=O)[C@@H](O)[C@H](Oc2ccc3c(O)c(NC(=O)c4c[nH]c(C(=O)Nc5c(O)c6ccc(O[C@@H]7OC(C)(C)[C@@H](OC)[C@@H](OC(N)=O)[C@H]7O)c(C)c6oc5=O)c4C)c(=O)oc3c2C)OC1(C)C. The van der Waals surface area contributed by atoms with Crippen LogP contribution in [0.2, 0.25) is 0 Å². The molecule has 3 aromatic heterocycles. The number of amides is 4. The van der Waals surface area contributed by atoms with Crippen LogP contribution in [0.3, 0.4) is 0 Å². The van der Waals surface area contributed by atoms with E-state index in [1.807, 2.05) is 0 Å². The maximum absolute atomic E-state index is 13.6. The standard InChI is InChI=1S/C45H51N5O20/c1-15-20(36(55)49-24-26(51)18-10-12-21(16(2)30(18)65-38(24)57)63-40-28(53)32(67-42(46)59)34(61-8)44(4,5)69-40)14-48-23(15)37(56)50-25-27(52)19-11-13-22(17(3)31(19)66-39(25)58)64-41-29(54)33(68-43(47)60)35(62-9)45(6,7)70-41/h10-14,28-29,32-35,40-41,48,51-54H,1-9H3,(H2,46,59)(H2,47,60)(H,49,55)(H,50,56)/t28-,29-,32+,33+,34+,35+,40-,41-/m1/s1. The maximum Gasteiger partial charge on any atom is 0.404 e. The number of H-pyrrole nitrogens is 1. The summed E-state index contributed by atoms with van der Waals surface area (Å²) >= 11 is 0. The zero-order chi connectivity index (χ0) is 51.5. The molecule has 70 heavy (non-hydrogen) atoms. The second-order valence-electron chi connectivity index (χ2n) is 17.5. The summed E-state index contributed by atoms with van der Waals surface area (Å²) in [6.45, 7) is 10.8. The molecule has 5 heterocycles. The number of carbonyl (C=O) groups is 4. The van der Waals surface area contributed by atoms with Crippen molar-refractivity contribution in [1.29, 1.82) is 0 Å². The van der Waals surface area contributed by atoms with E-state index in [1.165, 1.54) is 59.3 Å². The molecule has 0 spiro atoms. The number of anilines is 2. The molecule has 11 N–H and O–H groups in total. The van der Waals surface area contributed by atoms with Crippen molar-refractivity contribution in [1.82, 2.24) is 4.98 Å². The number of nitrogens with two attached hydrogens (primary N) is 2. The van der Waals surface area contributed by atoms with Gasteiger partial charge in [0.25, 0.3) is 11.8 Å². The molecular weight excluding hydrogens is 931 g/mol. The number of primary amides is 2. The molecule has 0 unspecified atom stereocenters. The van der Waals surface area contributed by atoms with Gasteiger partial charge in [0.05, 0.1) is 27.5 Å². The first kappa shape index (κ1) is 50.5. The number of aromatic hydroxyl groups is 2. The van der Waals surface area contributed by atoms with Gasteiger partial charge in [0, 0.05) is 31.5 Å². The van der Waals surface area contributed by atoms with Gasteiger partial charge in [-0.15, -0.1) is 0 Å². The van der Waals surface area contributed by atoms with E-state index in [0.717, 1.165) is 6.20 Å². The van der Waals surface area contributed by atoms with E-state index in [1.54, 1.807) is 27.7 Å². The zero-order valence-corrected chi connectivity index (χ0v) is 39.0. The van der Waals surface area contributed by atoms with Crippen molar-refractivity contribution in [3.05, 3.63) is 79.3 Å². The summed E-state index contributed by atoms with van der Waals surface area (Å²) in [6.07, 6.45) is -11.8. The number of benzene rings is 2. The summed E-state index contributed by atoms with van der Waals surface area (Å²) < 4.78 is 56.0. The van der Waals surface area contributed by atoms with Crippen molar-refractivity contribution < 1.29 is 86.3 Å². The lowest BCUT2D eigenvalue weighted by Gasteiger charge is -2.47. The molecular formula is C45H51N5O20. The second kappa shape index (κ2) is 18.8. The molecule has 376 valence electrons. The topological polar surface area (TPSA) is 375 Å². The highest BCUT2D eigenvalue weighted by atomic mass is 16.7. The Balaban J connectivity index is 1.08. The van der Waals surface area contributed by atoms with Crippen LogP contribution in [0, 0.1) is 20.8 Å². The van der Waals surface area contributed by atoms with Crippen LogP contribution in [0.1, 0.15) is 65.2 Å². The Morgan fingerprint density at radius 1 is 0.657 bits per heavy atom. The third-order valence-electron chi connectivity index (χ3n) is 12.1. The lowest BCUT2D eigenvalue weighted by molar-refractivity contribution is -0.304. The number of hydrogen-bond donors (Lipinski definition) is 9. The Labute approximate surface area is 395 Å². The number of aromatic nitrogens is 1. The minimum atomic E-state index is -1.60. The van der Waals surface area contributed by atoms with E-state index in [9.17, 15) is 49.2 Å². The van der Waals surface area contributed by atoms with Gasteiger partial charge >= 0.3 is 23.4 Å². The van der Waals surface area contributed by atoms with Gasteiger partial charge in [0.1, 0.15) is 40.6 Å². The highest BCUT2D eigenvalue weighted by Gasteiger charge is 2.54. The Bertz CT molecular complexity index is 2830. The van der Waals surface area contributed by atoms with Crippen LogP contribution in [0.4, 0.5) is 21.0 Å². The third-order valence-corrected chi connectivity index (χ3v) is 12.1. The van der Waals surface area contributed by atoms with Crippen molar-refractivity contribution in [2.45, 2.75) is 109 Å². The monoisotopic (exact) mass is 981 g/mol. The first-order chi connectivity index (χ1) is 32.8. The van der Waals surface area contributed by atoms with Crippen LogP contribution < -0.4 is 42.8 Å².